The van der Waals surface area contributed by atoms with Crippen LogP contribution in [-0.4, -0.2) is 10.2 Å². The van der Waals surface area contributed by atoms with Gasteiger partial charge in [-0.05, 0) is 37.8 Å². The van der Waals surface area contributed by atoms with Crippen LogP contribution in [-0.2, 0) is 9.49 Å². The van der Waals surface area contributed by atoms with E-state index in [4.69, 9.17) is 0 Å². The monoisotopic (exact) mass is 410 g/mol. The number of thioether (sulfide) groups is 1. The van der Waals surface area contributed by atoms with Crippen molar-refractivity contribution in [3.63, 3.8) is 0 Å². The molecule has 2 N–H and O–H groups in total. The predicted octanol–water partition coefficient (Wildman–Crippen LogP) is 7.63. The van der Waals surface area contributed by atoms with Gasteiger partial charge in [-0.15, -0.1) is 11.8 Å². The molecule has 0 spiro atoms. The van der Waals surface area contributed by atoms with Gasteiger partial charge in [-0.25, -0.2) is 0 Å². The minimum atomic E-state index is -0.0888. The Hall–Kier alpha value is -1.61. The first-order valence-electron chi connectivity index (χ1n) is 11.4. The molecule has 29 heavy (non-hydrogen) atoms. The van der Waals surface area contributed by atoms with Crippen molar-refractivity contribution in [1.29, 1.82) is 0 Å². The van der Waals surface area contributed by atoms with Gasteiger partial charge in [-0.3, -0.25) is 0 Å². The summed E-state index contributed by atoms with van der Waals surface area (Å²) in [5.41, 5.74) is 2.21. The van der Waals surface area contributed by atoms with Crippen molar-refractivity contribution in [2.75, 3.05) is 0 Å². The van der Waals surface area contributed by atoms with Gasteiger partial charge in [0.05, 0.1) is 0 Å². The van der Waals surface area contributed by atoms with Gasteiger partial charge in [0.25, 0.3) is 0 Å². The van der Waals surface area contributed by atoms with E-state index in [0.29, 0.717) is 11.5 Å². The maximum atomic E-state index is 10.9. The van der Waals surface area contributed by atoms with Gasteiger partial charge in [0.2, 0.25) is 0 Å². The average Bonchev–Trinajstić information content (AvgIpc) is 3.11. The zero-order chi connectivity index (χ0) is 20.2. The van der Waals surface area contributed by atoms with E-state index in [0.717, 1.165) is 36.8 Å². The number of hydrogen-bond acceptors (Lipinski definition) is 3. The van der Waals surface area contributed by atoms with E-state index in [1.54, 1.807) is 0 Å². The fraction of sp³-hybridized carbons (Fsp3) is 0.538. The lowest BCUT2D eigenvalue weighted by Gasteiger charge is -2.44. The molecule has 0 amide bonds. The summed E-state index contributed by atoms with van der Waals surface area (Å²) in [6, 6.07) is 16.0. The molecular weight excluding hydrogens is 376 g/mol. The molecule has 0 aliphatic heterocycles. The summed E-state index contributed by atoms with van der Waals surface area (Å²) < 4.78 is -0.178. The van der Waals surface area contributed by atoms with Crippen LogP contribution in [0.3, 0.4) is 0 Å². The number of phenols is 2. The number of para-hydroxylation sites is 2. The number of benzene rings is 2. The molecule has 2 nitrogen and oxygen atoms in total. The summed E-state index contributed by atoms with van der Waals surface area (Å²) in [6.07, 6.45) is 14.3. The quantitative estimate of drug-likeness (QED) is 0.509. The van der Waals surface area contributed by atoms with Crippen molar-refractivity contribution in [2.45, 2.75) is 86.5 Å². The second kappa shape index (κ2) is 9.04. The van der Waals surface area contributed by atoms with Gasteiger partial charge in [-0.2, -0.15) is 0 Å². The highest BCUT2D eigenvalue weighted by atomic mass is 32.2. The molecule has 2 aromatic carbocycles. The van der Waals surface area contributed by atoms with Crippen LogP contribution < -0.4 is 0 Å². The first-order chi connectivity index (χ1) is 14.2. The van der Waals surface area contributed by atoms with Crippen LogP contribution in [0.5, 0.6) is 11.5 Å². The molecule has 4 rings (SSSR count). The molecule has 2 aliphatic carbocycles. The molecule has 0 bridgehead atoms. The molecule has 2 aromatic rings. The van der Waals surface area contributed by atoms with Gasteiger partial charge < -0.3 is 10.2 Å². The fourth-order valence-corrected chi connectivity index (χ4v) is 7.84. The standard InChI is InChI=1S/C26H34O2S/c27-23-15-7-5-13-21(23)25(17-9-1-2-10-18-25)29-26(19-11-3-4-12-20-26)22-14-6-8-16-24(22)28/h5-8,13-16,27-28H,1-4,9-12,17-20H2. The van der Waals surface area contributed by atoms with Crippen molar-refractivity contribution in [2.24, 2.45) is 0 Å². The minimum absolute atomic E-state index is 0.0888. The second-order valence-electron chi connectivity index (χ2n) is 8.95. The van der Waals surface area contributed by atoms with Gasteiger partial charge in [-0.1, -0.05) is 87.8 Å². The molecule has 3 heteroatoms. The predicted molar refractivity (Wildman–Crippen MR) is 123 cm³/mol. The van der Waals surface area contributed by atoms with Gasteiger partial charge in [0.15, 0.2) is 0 Å². The first-order valence-corrected chi connectivity index (χ1v) is 12.2. The summed E-state index contributed by atoms with van der Waals surface area (Å²) in [7, 11) is 0. The number of aromatic hydroxyl groups is 2. The highest BCUT2D eigenvalue weighted by Gasteiger charge is 2.46. The van der Waals surface area contributed by atoms with Crippen molar-refractivity contribution in [3.8, 4) is 11.5 Å². The molecule has 0 atom stereocenters. The van der Waals surface area contributed by atoms with E-state index in [2.05, 4.69) is 36.0 Å². The van der Waals surface area contributed by atoms with Crippen molar-refractivity contribution < 1.29 is 10.2 Å². The van der Waals surface area contributed by atoms with E-state index in [1.807, 2.05) is 24.3 Å². The van der Waals surface area contributed by atoms with Crippen molar-refractivity contribution in [3.05, 3.63) is 59.7 Å². The van der Waals surface area contributed by atoms with Crippen molar-refractivity contribution in [1.82, 2.24) is 0 Å². The van der Waals surface area contributed by atoms with E-state index in [9.17, 15) is 10.2 Å². The summed E-state index contributed by atoms with van der Waals surface area (Å²) in [4.78, 5) is 0. The summed E-state index contributed by atoms with van der Waals surface area (Å²) in [5, 5.41) is 21.7. The molecule has 0 heterocycles. The Morgan fingerprint density at radius 2 is 0.862 bits per heavy atom. The third-order valence-electron chi connectivity index (χ3n) is 7.00. The lowest BCUT2D eigenvalue weighted by molar-refractivity contribution is 0.426. The molecule has 2 fully saturated rings. The van der Waals surface area contributed by atoms with Crippen LogP contribution in [0.25, 0.3) is 0 Å². The van der Waals surface area contributed by atoms with Crippen LogP contribution in [0.15, 0.2) is 48.5 Å². The van der Waals surface area contributed by atoms with Gasteiger partial charge in [0, 0.05) is 20.6 Å². The van der Waals surface area contributed by atoms with E-state index >= 15 is 0 Å². The Morgan fingerprint density at radius 1 is 0.517 bits per heavy atom. The summed E-state index contributed by atoms with van der Waals surface area (Å²) in [6.45, 7) is 0. The van der Waals surface area contributed by atoms with E-state index in [1.165, 1.54) is 51.4 Å². The number of rotatable bonds is 4. The minimum Gasteiger partial charge on any atom is -0.508 e. The molecule has 0 radical (unpaired) electrons. The second-order valence-corrected chi connectivity index (χ2v) is 10.7. The zero-order valence-electron chi connectivity index (χ0n) is 17.4. The van der Waals surface area contributed by atoms with Crippen LogP contribution in [0.1, 0.15) is 88.2 Å². The van der Waals surface area contributed by atoms with E-state index in [-0.39, 0.29) is 9.49 Å². The van der Waals surface area contributed by atoms with Gasteiger partial charge in [0.1, 0.15) is 11.5 Å². The Morgan fingerprint density at radius 3 is 1.21 bits per heavy atom. The smallest absolute Gasteiger partial charge is 0.120 e. The maximum absolute atomic E-state index is 10.9. The first kappa shape index (κ1) is 20.7. The highest BCUT2D eigenvalue weighted by molar-refractivity contribution is 8.01. The Bertz CT molecular complexity index is 732. The lowest BCUT2D eigenvalue weighted by atomic mass is 9.88. The van der Waals surface area contributed by atoms with Crippen LogP contribution >= 0.6 is 11.8 Å². The Balaban J connectivity index is 1.82. The third-order valence-corrected chi connectivity index (χ3v) is 9.04. The molecule has 2 aliphatic rings. The lowest BCUT2D eigenvalue weighted by Crippen LogP contribution is -2.32. The summed E-state index contributed by atoms with van der Waals surface area (Å²) in [5.74, 6) is 0.867. The normalized spacial score (nSPS) is 21.8. The molecule has 0 saturated heterocycles. The molecule has 0 aromatic heterocycles. The van der Waals surface area contributed by atoms with Crippen LogP contribution in [0, 0.1) is 0 Å². The number of phenolic OH excluding ortho intramolecular Hbond substituents is 2. The topological polar surface area (TPSA) is 40.5 Å². The molecular formula is C26H34O2S. The Labute approximate surface area is 179 Å². The maximum Gasteiger partial charge on any atom is 0.120 e. The number of hydrogen-bond donors (Lipinski definition) is 2. The molecule has 2 saturated carbocycles. The fourth-order valence-electron chi connectivity index (χ4n) is 5.54. The summed E-state index contributed by atoms with van der Waals surface area (Å²) >= 11 is 2.08. The molecule has 0 unspecified atom stereocenters. The average molecular weight is 411 g/mol. The van der Waals surface area contributed by atoms with E-state index < -0.39 is 0 Å². The highest BCUT2D eigenvalue weighted by Crippen LogP contribution is 2.61. The largest absolute Gasteiger partial charge is 0.508 e. The van der Waals surface area contributed by atoms with Gasteiger partial charge >= 0.3 is 0 Å². The zero-order valence-corrected chi connectivity index (χ0v) is 18.2. The van der Waals surface area contributed by atoms with Crippen LogP contribution in [0.2, 0.25) is 0 Å². The molecule has 156 valence electrons. The Kier molecular flexibility index (Phi) is 6.44. The SMILES string of the molecule is Oc1ccccc1C1(SC2(c3ccccc3O)CCCCCC2)CCCCCC1. The van der Waals surface area contributed by atoms with Crippen LogP contribution in [0.4, 0.5) is 0 Å². The third kappa shape index (κ3) is 4.30. The van der Waals surface area contributed by atoms with Crippen molar-refractivity contribution >= 4 is 11.8 Å².